The first-order chi connectivity index (χ1) is 9.38. The minimum Gasteiger partial charge on any atom is -0.478 e. The normalized spacial score (nSPS) is 10.4. The molecule has 0 aromatic heterocycles. The van der Waals surface area contributed by atoms with Crippen LogP contribution in [0.25, 0.3) is 0 Å². The number of carboxylic acid groups (broad SMARTS) is 1. The molecule has 0 bridgehead atoms. The maximum absolute atomic E-state index is 10.9. The van der Waals surface area contributed by atoms with E-state index in [4.69, 9.17) is 33.0 Å². The lowest BCUT2D eigenvalue weighted by Gasteiger charge is -2.11. The van der Waals surface area contributed by atoms with E-state index >= 15 is 0 Å². The van der Waals surface area contributed by atoms with Crippen molar-refractivity contribution in [3.8, 4) is 11.5 Å². The molecule has 2 aromatic rings. The number of ether oxygens (including phenoxy) is 1. The van der Waals surface area contributed by atoms with Crippen LogP contribution >= 0.6 is 39.1 Å². The van der Waals surface area contributed by atoms with E-state index in [-0.39, 0.29) is 5.56 Å². The smallest absolute Gasteiger partial charge is 0.335 e. The van der Waals surface area contributed by atoms with E-state index in [9.17, 15) is 4.79 Å². The molecule has 0 saturated carbocycles. The maximum Gasteiger partial charge on any atom is 0.335 e. The molecule has 104 valence electrons. The van der Waals surface area contributed by atoms with E-state index in [0.29, 0.717) is 31.6 Å². The van der Waals surface area contributed by atoms with E-state index < -0.39 is 5.97 Å². The molecule has 6 heteroatoms. The number of benzene rings is 2. The fourth-order valence-electron chi connectivity index (χ4n) is 1.60. The van der Waals surface area contributed by atoms with Gasteiger partial charge in [0.1, 0.15) is 11.5 Å². The number of carboxylic acids is 1. The van der Waals surface area contributed by atoms with Crippen molar-refractivity contribution in [2.24, 2.45) is 0 Å². The first-order valence-electron chi connectivity index (χ1n) is 5.55. The molecule has 2 rings (SSSR count). The lowest BCUT2D eigenvalue weighted by atomic mass is 10.1. The Hall–Kier alpha value is -1.23. The van der Waals surface area contributed by atoms with Crippen molar-refractivity contribution in [2.75, 3.05) is 0 Å². The second-order valence-electron chi connectivity index (χ2n) is 4.08. The Kier molecular flexibility index (Phi) is 4.58. The molecule has 0 amide bonds. The van der Waals surface area contributed by atoms with Crippen molar-refractivity contribution in [1.29, 1.82) is 0 Å². The summed E-state index contributed by atoms with van der Waals surface area (Å²) in [5, 5.41) is 9.80. The molecule has 0 atom stereocenters. The fourth-order valence-corrected chi connectivity index (χ4v) is 2.43. The molecule has 1 N–H and O–H groups in total. The lowest BCUT2D eigenvalue weighted by Crippen LogP contribution is -1.97. The zero-order valence-corrected chi connectivity index (χ0v) is 13.4. The molecule has 0 aliphatic rings. The Balaban J connectivity index is 2.35. The van der Waals surface area contributed by atoms with Crippen molar-refractivity contribution < 1.29 is 14.6 Å². The highest BCUT2D eigenvalue weighted by atomic mass is 79.9. The Labute approximate surface area is 134 Å². The summed E-state index contributed by atoms with van der Waals surface area (Å²) in [4.78, 5) is 10.9. The quantitative estimate of drug-likeness (QED) is 0.714. The Morgan fingerprint density at radius 1 is 1.15 bits per heavy atom. The van der Waals surface area contributed by atoms with Crippen LogP contribution in [0.2, 0.25) is 10.0 Å². The third-order valence-electron chi connectivity index (χ3n) is 2.62. The highest BCUT2D eigenvalue weighted by Gasteiger charge is 2.11. The van der Waals surface area contributed by atoms with Gasteiger partial charge in [0, 0.05) is 10.5 Å². The van der Waals surface area contributed by atoms with Gasteiger partial charge in [0.05, 0.1) is 15.6 Å². The molecule has 0 aliphatic carbocycles. The third-order valence-corrected chi connectivity index (χ3v) is 4.11. The van der Waals surface area contributed by atoms with E-state index in [0.717, 1.165) is 0 Å². The largest absolute Gasteiger partial charge is 0.478 e. The lowest BCUT2D eigenvalue weighted by molar-refractivity contribution is 0.0697. The minimum atomic E-state index is -0.982. The average molecular weight is 376 g/mol. The van der Waals surface area contributed by atoms with Gasteiger partial charge < -0.3 is 9.84 Å². The predicted molar refractivity (Wildman–Crippen MR) is 82.4 cm³/mol. The summed E-state index contributed by atoms with van der Waals surface area (Å²) in [5.41, 5.74) is 0.898. The van der Waals surface area contributed by atoms with Crippen LogP contribution in [0.4, 0.5) is 0 Å². The Morgan fingerprint density at radius 2 is 1.85 bits per heavy atom. The second-order valence-corrected chi connectivity index (χ2v) is 5.75. The number of aryl methyl sites for hydroxylation is 1. The maximum atomic E-state index is 10.9. The molecule has 0 unspecified atom stereocenters. The number of aromatic carboxylic acids is 1. The van der Waals surface area contributed by atoms with Crippen LogP contribution in [-0.2, 0) is 0 Å². The summed E-state index contributed by atoms with van der Waals surface area (Å²) < 4.78 is 6.36. The third kappa shape index (κ3) is 3.26. The van der Waals surface area contributed by atoms with Crippen molar-refractivity contribution in [2.45, 2.75) is 6.92 Å². The standard InChI is InChI=1S/C14H9BrCl2O3/c1-7-4-8(14(18)19)2-3-12(7)20-13-6-10(16)9(15)5-11(13)17/h2-6H,1H3,(H,18,19). The van der Waals surface area contributed by atoms with Gasteiger partial charge in [0.2, 0.25) is 0 Å². The molecule has 3 nitrogen and oxygen atoms in total. The predicted octanol–water partition coefficient (Wildman–Crippen LogP) is 5.55. The van der Waals surface area contributed by atoms with Crippen LogP contribution in [0, 0.1) is 6.92 Å². The molecule has 20 heavy (non-hydrogen) atoms. The summed E-state index contributed by atoms with van der Waals surface area (Å²) in [5.74, 6) is -0.0503. The topological polar surface area (TPSA) is 46.5 Å². The monoisotopic (exact) mass is 374 g/mol. The fraction of sp³-hybridized carbons (Fsp3) is 0.0714. The second kappa shape index (κ2) is 6.04. The van der Waals surface area contributed by atoms with Gasteiger partial charge in [-0.05, 0) is 52.7 Å². The Morgan fingerprint density at radius 3 is 2.45 bits per heavy atom. The zero-order valence-electron chi connectivity index (χ0n) is 10.3. The van der Waals surface area contributed by atoms with Gasteiger partial charge in [-0.25, -0.2) is 4.79 Å². The van der Waals surface area contributed by atoms with Gasteiger partial charge in [0.15, 0.2) is 0 Å². The van der Waals surface area contributed by atoms with Crippen molar-refractivity contribution in [1.82, 2.24) is 0 Å². The minimum absolute atomic E-state index is 0.204. The van der Waals surface area contributed by atoms with Gasteiger partial charge in [-0.3, -0.25) is 0 Å². The summed E-state index contributed by atoms with van der Waals surface area (Å²) in [6.07, 6.45) is 0. The number of carbonyl (C=O) groups is 1. The Bertz CT molecular complexity index is 686. The van der Waals surface area contributed by atoms with Gasteiger partial charge in [-0.1, -0.05) is 23.2 Å². The van der Waals surface area contributed by atoms with Crippen LogP contribution < -0.4 is 4.74 Å². The van der Waals surface area contributed by atoms with Gasteiger partial charge in [-0.2, -0.15) is 0 Å². The van der Waals surface area contributed by atoms with Crippen LogP contribution in [0.15, 0.2) is 34.8 Å². The highest BCUT2D eigenvalue weighted by molar-refractivity contribution is 9.10. The number of halogens is 3. The molecule has 2 aromatic carbocycles. The summed E-state index contributed by atoms with van der Waals surface area (Å²) in [6, 6.07) is 7.83. The van der Waals surface area contributed by atoms with E-state index in [1.165, 1.54) is 12.1 Å². The van der Waals surface area contributed by atoms with Crippen LogP contribution in [0.5, 0.6) is 11.5 Å². The van der Waals surface area contributed by atoms with Gasteiger partial charge in [0.25, 0.3) is 0 Å². The number of hydrogen-bond acceptors (Lipinski definition) is 2. The van der Waals surface area contributed by atoms with Gasteiger partial charge in [-0.15, -0.1) is 0 Å². The molecule has 0 aliphatic heterocycles. The highest BCUT2D eigenvalue weighted by Crippen LogP contribution is 2.37. The van der Waals surface area contributed by atoms with E-state index in [2.05, 4.69) is 15.9 Å². The molecular weight excluding hydrogens is 367 g/mol. The van der Waals surface area contributed by atoms with E-state index in [1.807, 2.05) is 0 Å². The van der Waals surface area contributed by atoms with Crippen molar-refractivity contribution >= 4 is 45.1 Å². The molecule has 0 radical (unpaired) electrons. The molecular formula is C14H9BrCl2O3. The van der Waals surface area contributed by atoms with Crippen LogP contribution in [0.3, 0.4) is 0 Å². The zero-order chi connectivity index (χ0) is 14.9. The molecule has 0 heterocycles. The molecule has 0 fully saturated rings. The number of rotatable bonds is 3. The van der Waals surface area contributed by atoms with Crippen molar-refractivity contribution in [3.63, 3.8) is 0 Å². The number of hydrogen-bond donors (Lipinski definition) is 1. The average Bonchev–Trinajstić information content (AvgIpc) is 2.37. The molecule has 0 saturated heterocycles. The first-order valence-corrected chi connectivity index (χ1v) is 7.09. The van der Waals surface area contributed by atoms with E-state index in [1.54, 1.807) is 25.1 Å². The van der Waals surface area contributed by atoms with Crippen LogP contribution in [0.1, 0.15) is 15.9 Å². The van der Waals surface area contributed by atoms with Gasteiger partial charge >= 0.3 is 5.97 Å². The SMILES string of the molecule is Cc1cc(C(=O)O)ccc1Oc1cc(Cl)c(Br)cc1Cl. The van der Waals surface area contributed by atoms with Crippen molar-refractivity contribution in [3.05, 3.63) is 56.0 Å². The summed E-state index contributed by atoms with van der Waals surface area (Å²) in [6.45, 7) is 1.76. The van der Waals surface area contributed by atoms with Crippen LogP contribution in [-0.4, -0.2) is 11.1 Å². The molecule has 0 spiro atoms. The summed E-state index contributed by atoms with van der Waals surface area (Å²) >= 11 is 15.3. The summed E-state index contributed by atoms with van der Waals surface area (Å²) in [7, 11) is 0. The first kappa shape index (κ1) is 15.2.